The number of nitrogens with one attached hydrogen (secondary N) is 1. The van der Waals surface area contributed by atoms with Crippen LogP contribution in [-0.2, 0) is 0 Å². The van der Waals surface area contributed by atoms with Crippen molar-refractivity contribution < 1.29 is 4.74 Å². The van der Waals surface area contributed by atoms with Crippen molar-refractivity contribution in [3.8, 4) is 5.75 Å². The Kier molecular flexibility index (Phi) is 5.48. The zero-order chi connectivity index (χ0) is 12.8. The minimum atomic E-state index is 0.165. The third-order valence-corrected chi connectivity index (χ3v) is 2.43. The molecule has 0 saturated heterocycles. The highest BCUT2D eigenvalue weighted by molar-refractivity contribution is 5.12. The first-order chi connectivity index (χ1) is 7.99. The van der Waals surface area contributed by atoms with Crippen molar-refractivity contribution in [2.24, 2.45) is 5.92 Å². The van der Waals surface area contributed by atoms with Crippen LogP contribution in [0.5, 0.6) is 5.75 Å². The molecule has 0 aromatic carbocycles. The van der Waals surface area contributed by atoms with E-state index >= 15 is 0 Å². The fourth-order valence-corrected chi connectivity index (χ4v) is 1.51. The van der Waals surface area contributed by atoms with Gasteiger partial charge in [0.2, 0.25) is 0 Å². The lowest BCUT2D eigenvalue weighted by Crippen LogP contribution is -2.31. The molecule has 1 atom stereocenters. The highest BCUT2D eigenvalue weighted by atomic mass is 16.5. The van der Waals surface area contributed by atoms with Gasteiger partial charge in [-0.2, -0.15) is 5.10 Å². The molecule has 0 aliphatic heterocycles. The molecule has 1 rings (SSSR count). The number of rotatable bonds is 7. The molecule has 17 heavy (non-hydrogen) atoms. The van der Waals surface area contributed by atoms with Gasteiger partial charge >= 0.3 is 0 Å². The van der Waals surface area contributed by atoms with E-state index in [2.05, 4.69) is 45.0 Å². The third kappa shape index (κ3) is 5.22. The quantitative estimate of drug-likeness (QED) is 0.794. The van der Waals surface area contributed by atoms with Crippen LogP contribution in [0, 0.1) is 5.92 Å². The van der Waals surface area contributed by atoms with Crippen LogP contribution in [0.25, 0.3) is 0 Å². The maximum atomic E-state index is 5.78. The largest absolute Gasteiger partial charge is 0.486 e. The van der Waals surface area contributed by atoms with Crippen molar-refractivity contribution in [1.29, 1.82) is 0 Å². The molecule has 1 N–H and O–H groups in total. The van der Waals surface area contributed by atoms with Crippen molar-refractivity contribution in [3.05, 3.63) is 12.4 Å². The normalized spacial score (nSPS) is 13.4. The van der Waals surface area contributed by atoms with Gasteiger partial charge in [-0.3, -0.25) is 4.68 Å². The second kappa shape index (κ2) is 6.64. The lowest BCUT2D eigenvalue weighted by atomic mass is 10.2. The van der Waals surface area contributed by atoms with Crippen LogP contribution in [-0.4, -0.2) is 29.0 Å². The Bertz CT molecular complexity index is 320. The zero-order valence-corrected chi connectivity index (χ0v) is 11.6. The minimum Gasteiger partial charge on any atom is -0.486 e. The molecule has 4 nitrogen and oxygen atoms in total. The number of hydrogen-bond acceptors (Lipinski definition) is 3. The van der Waals surface area contributed by atoms with E-state index in [1.54, 1.807) is 6.20 Å². The monoisotopic (exact) mass is 239 g/mol. The van der Waals surface area contributed by atoms with Crippen LogP contribution in [0.3, 0.4) is 0 Å². The molecule has 0 aliphatic rings. The van der Waals surface area contributed by atoms with Crippen molar-refractivity contribution in [2.45, 2.75) is 46.8 Å². The average Bonchev–Trinajstić information content (AvgIpc) is 2.65. The van der Waals surface area contributed by atoms with Gasteiger partial charge in [-0.25, -0.2) is 0 Å². The molecule has 0 fully saturated rings. The standard InChI is InChI=1S/C13H25N3O/c1-10(2)6-14-7-12(5)17-13-8-15-16(9-13)11(3)4/h8-12,14H,6-7H2,1-5H3. The molecule has 4 heteroatoms. The van der Waals surface area contributed by atoms with E-state index in [0.29, 0.717) is 12.0 Å². The molecule has 0 saturated carbocycles. The lowest BCUT2D eigenvalue weighted by Gasteiger charge is -2.15. The summed E-state index contributed by atoms with van der Waals surface area (Å²) < 4.78 is 7.69. The summed E-state index contributed by atoms with van der Waals surface area (Å²) in [7, 11) is 0. The van der Waals surface area contributed by atoms with Gasteiger partial charge in [0.1, 0.15) is 6.10 Å². The van der Waals surface area contributed by atoms with Gasteiger partial charge in [-0.05, 0) is 33.2 Å². The molecule has 0 amide bonds. The number of ether oxygens (including phenoxy) is 1. The Hall–Kier alpha value is -1.03. The first-order valence-corrected chi connectivity index (χ1v) is 6.40. The summed E-state index contributed by atoms with van der Waals surface area (Å²) >= 11 is 0. The zero-order valence-electron chi connectivity index (χ0n) is 11.6. The van der Waals surface area contributed by atoms with Crippen molar-refractivity contribution in [3.63, 3.8) is 0 Å². The smallest absolute Gasteiger partial charge is 0.157 e. The minimum absolute atomic E-state index is 0.165. The van der Waals surface area contributed by atoms with Gasteiger partial charge in [-0.1, -0.05) is 13.8 Å². The van der Waals surface area contributed by atoms with Crippen LogP contribution in [0.1, 0.15) is 40.7 Å². The van der Waals surface area contributed by atoms with Crippen molar-refractivity contribution >= 4 is 0 Å². The number of nitrogens with zero attached hydrogens (tertiary/aromatic N) is 2. The maximum Gasteiger partial charge on any atom is 0.157 e. The summed E-state index contributed by atoms with van der Waals surface area (Å²) in [5.74, 6) is 1.52. The van der Waals surface area contributed by atoms with E-state index in [1.165, 1.54) is 0 Å². The lowest BCUT2D eigenvalue weighted by molar-refractivity contribution is 0.215. The molecular formula is C13H25N3O. The molecule has 1 heterocycles. The SMILES string of the molecule is CC(C)CNCC(C)Oc1cnn(C(C)C)c1. The Morgan fingerprint density at radius 1 is 1.24 bits per heavy atom. The third-order valence-electron chi connectivity index (χ3n) is 2.43. The van der Waals surface area contributed by atoms with E-state index in [9.17, 15) is 0 Å². The Morgan fingerprint density at radius 2 is 1.94 bits per heavy atom. The maximum absolute atomic E-state index is 5.78. The number of hydrogen-bond donors (Lipinski definition) is 1. The molecule has 0 spiro atoms. The summed E-state index contributed by atoms with van der Waals surface area (Å²) in [4.78, 5) is 0. The molecule has 98 valence electrons. The van der Waals surface area contributed by atoms with Crippen LogP contribution in [0.4, 0.5) is 0 Å². The Morgan fingerprint density at radius 3 is 2.47 bits per heavy atom. The Balaban J connectivity index is 2.32. The summed E-state index contributed by atoms with van der Waals surface area (Å²) in [6.45, 7) is 12.6. The van der Waals surface area contributed by atoms with Gasteiger partial charge in [0.05, 0.1) is 12.4 Å². The first kappa shape index (κ1) is 14.0. The van der Waals surface area contributed by atoms with Gasteiger partial charge in [0.15, 0.2) is 5.75 Å². The average molecular weight is 239 g/mol. The van der Waals surface area contributed by atoms with Gasteiger partial charge < -0.3 is 10.1 Å². The molecule has 1 aromatic rings. The van der Waals surface area contributed by atoms with E-state index in [0.717, 1.165) is 18.8 Å². The molecular weight excluding hydrogens is 214 g/mol. The van der Waals surface area contributed by atoms with Gasteiger partial charge in [0.25, 0.3) is 0 Å². The summed E-state index contributed by atoms with van der Waals surface area (Å²) in [5, 5.41) is 7.63. The predicted molar refractivity (Wildman–Crippen MR) is 70.4 cm³/mol. The van der Waals surface area contributed by atoms with E-state index in [4.69, 9.17) is 4.74 Å². The van der Waals surface area contributed by atoms with E-state index < -0.39 is 0 Å². The van der Waals surface area contributed by atoms with E-state index in [-0.39, 0.29) is 6.10 Å². The van der Waals surface area contributed by atoms with Crippen LogP contribution >= 0.6 is 0 Å². The number of aromatic nitrogens is 2. The predicted octanol–water partition coefficient (Wildman–Crippen LogP) is 2.48. The van der Waals surface area contributed by atoms with E-state index in [1.807, 2.05) is 10.9 Å². The first-order valence-electron chi connectivity index (χ1n) is 6.40. The second-order valence-electron chi connectivity index (χ2n) is 5.23. The molecule has 0 aliphatic carbocycles. The van der Waals surface area contributed by atoms with Gasteiger partial charge in [0, 0.05) is 12.6 Å². The molecule has 1 unspecified atom stereocenters. The molecule has 0 radical (unpaired) electrons. The van der Waals surface area contributed by atoms with Gasteiger partial charge in [-0.15, -0.1) is 0 Å². The van der Waals surface area contributed by atoms with Crippen LogP contribution in [0.15, 0.2) is 12.4 Å². The molecule has 0 bridgehead atoms. The van der Waals surface area contributed by atoms with Crippen LogP contribution in [0.2, 0.25) is 0 Å². The summed E-state index contributed by atoms with van der Waals surface area (Å²) in [6, 6.07) is 0.377. The van der Waals surface area contributed by atoms with Crippen molar-refractivity contribution in [2.75, 3.05) is 13.1 Å². The van der Waals surface area contributed by atoms with Crippen LogP contribution < -0.4 is 10.1 Å². The summed E-state index contributed by atoms with van der Waals surface area (Å²) in [5.41, 5.74) is 0. The molecule has 1 aromatic heterocycles. The fourth-order valence-electron chi connectivity index (χ4n) is 1.51. The topological polar surface area (TPSA) is 39.1 Å². The summed E-state index contributed by atoms with van der Waals surface area (Å²) in [6.07, 6.45) is 3.89. The Labute approximate surface area is 104 Å². The fraction of sp³-hybridized carbons (Fsp3) is 0.769. The second-order valence-corrected chi connectivity index (χ2v) is 5.23. The van der Waals surface area contributed by atoms with Crippen molar-refractivity contribution in [1.82, 2.24) is 15.1 Å². The highest BCUT2D eigenvalue weighted by Gasteiger charge is 2.07. The highest BCUT2D eigenvalue weighted by Crippen LogP contribution is 2.13.